The zero-order valence-corrected chi connectivity index (χ0v) is 11.3. The molecule has 0 fully saturated rings. The third kappa shape index (κ3) is 3.23. The van der Waals surface area contributed by atoms with Crippen LogP contribution in [0.1, 0.15) is 10.4 Å². The number of ether oxygens (including phenoxy) is 2. The van der Waals surface area contributed by atoms with E-state index in [1.807, 2.05) is 0 Å². The fourth-order valence-corrected chi connectivity index (χ4v) is 1.92. The second-order valence-corrected chi connectivity index (χ2v) is 4.04. The molecule has 17 heavy (non-hydrogen) atoms. The maximum Gasteiger partial charge on any atom is 0.255 e. The van der Waals surface area contributed by atoms with Gasteiger partial charge in [0.1, 0.15) is 11.5 Å². The molecule has 5 heteroatoms. The van der Waals surface area contributed by atoms with Gasteiger partial charge in [-0.3, -0.25) is 4.79 Å². The molecule has 0 heterocycles. The quantitative estimate of drug-likeness (QED) is 0.849. The maximum atomic E-state index is 11.9. The zero-order valence-electron chi connectivity index (χ0n) is 9.75. The molecular weight excluding hydrogens is 286 g/mol. The van der Waals surface area contributed by atoms with Crippen molar-refractivity contribution in [2.24, 2.45) is 0 Å². The molecule has 0 unspecified atom stereocenters. The number of halogens is 1. The van der Waals surface area contributed by atoms with Crippen LogP contribution in [0.25, 0.3) is 0 Å². The summed E-state index contributed by atoms with van der Waals surface area (Å²) in [7, 11) is 3.05. The highest BCUT2D eigenvalue weighted by molar-refractivity contribution is 9.10. The average Bonchev–Trinajstić information content (AvgIpc) is 2.34. The van der Waals surface area contributed by atoms with Crippen molar-refractivity contribution in [1.82, 2.24) is 5.32 Å². The lowest BCUT2D eigenvalue weighted by Gasteiger charge is -2.12. The summed E-state index contributed by atoms with van der Waals surface area (Å²) in [5.74, 6) is 0.829. The lowest BCUT2D eigenvalue weighted by Crippen LogP contribution is -2.23. The van der Waals surface area contributed by atoms with E-state index in [0.717, 1.165) is 0 Å². The fourth-order valence-electron chi connectivity index (χ4n) is 1.32. The van der Waals surface area contributed by atoms with Gasteiger partial charge in [-0.15, -0.1) is 6.58 Å². The first-order valence-corrected chi connectivity index (χ1v) is 5.74. The Balaban J connectivity index is 3.14. The first-order valence-electron chi connectivity index (χ1n) is 4.94. The first kappa shape index (κ1) is 13.6. The van der Waals surface area contributed by atoms with E-state index in [4.69, 9.17) is 9.47 Å². The molecule has 4 nitrogen and oxygen atoms in total. The van der Waals surface area contributed by atoms with Gasteiger partial charge in [0.15, 0.2) is 0 Å². The summed E-state index contributed by atoms with van der Waals surface area (Å²) in [4.78, 5) is 11.9. The predicted molar refractivity (Wildman–Crippen MR) is 69.8 cm³/mol. The standard InChI is InChI=1S/C12H14BrNO3/c1-4-5-14-12(15)9-6-8(16-2)7-10(13)11(9)17-3/h4,6-7H,1,5H2,2-3H3,(H,14,15). The molecule has 0 saturated carbocycles. The summed E-state index contributed by atoms with van der Waals surface area (Å²) in [5.41, 5.74) is 0.417. The van der Waals surface area contributed by atoms with E-state index in [1.54, 1.807) is 25.3 Å². The average molecular weight is 300 g/mol. The lowest BCUT2D eigenvalue weighted by atomic mass is 10.1. The van der Waals surface area contributed by atoms with Gasteiger partial charge in [-0.1, -0.05) is 6.08 Å². The number of nitrogens with one attached hydrogen (secondary N) is 1. The Bertz CT molecular complexity index is 432. The summed E-state index contributed by atoms with van der Waals surface area (Å²) in [6.45, 7) is 3.94. The molecule has 0 radical (unpaired) electrons. The van der Waals surface area contributed by atoms with Gasteiger partial charge in [0.2, 0.25) is 0 Å². The van der Waals surface area contributed by atoms with Crippen LogP contribution in [0.4, 0.5) is 0 Å². The van der Waals surface area contributed by atoms with Crippen molar-refractivity contribution in [3.8, 4) is 11.5 Å². The Morgan fingerprint density at radius 1 is 1.47 bits per heavy atom. The minimum absolute atomic E-state index is 0.235. The Labute approximate surface area is 109 Å². The highest BCUT2D eigenvalue weighted by Gasteiger charge is 2.16. The molecule has 0 spiro atoms. The predicted octanol–water partition coefficient (Wildman–Crippen LogP) is 2.38. The van der Waals surface area contributed by atoms with Gasteiger partial charge in [-0.25, -0.2) is 0 Å². The van der Waals surface area contributed by atoms with Crippen molar-refractivity contribution in [2.75, 3.05) is 20.8 Å². The van der Waals surface area contributed by atoms with Crippen LogP contribution in [-0.2, 0) is 0 Å². The summed E-state index contributed by atoms with van der Waals surface area (Å²) < 4.78 is 11.0. The molecule has 0 bridgehead atoms. The van der Waals surface area contributed by atoms with Crippen molar-refractivity contribution >= 4 is 21.8 Å². The van der Waals surface area contributed by atoms with Crippen LogP contribution in [0.15, 0.2) is 29.3 Å². The molecule has 0 aromatic heterocycles. The van der Waals surface area contributed by atoms with Crippen LogP contribution in [0.2, 0.25) is 0 Å². The Morgan fingerprint density at radius 3 is 2.71 bits per heavy atom. The zero-order chi connectivity index (χ0) is 12.8. The van der Waals surface area contributed by atoms with Crippen LogP contribution in [-0.4, -0.2) is 26.7 Å². The Kier molecular flexibility index (Phi) is 5.03. The van der Waals surface area contributed by atoms with E-state index in [9.17, 15) is 4.79 Å². The first-order chi connectivity index (χ1) is 8.13. The maximum absolute atomic E-state index is 11.9. The van der Waals surface area contributed by atoms with E-state index < -0.39 is 0 Å². The fraction of sp³-hybridized carbons (Fsp3) is 0.250. The second kappa shape index (κ2) is 6.30. The summed E-state index contributed by atoms with van der Waals surface area (Å²) in [6, 6.07) is 3.37. The van der Waals surface area contributed by atoms with Gasteiger partial charge >= 0.3 is 0 Å². The van der Waals surface area contributed by atoms with E-state index in [0.29, 0.717) is 28.1 Å². The third-order valence-corrected chi connectivity index (χ3v) is 2.70. The summed E-state index contributed by atoms with van der Waals surface area (Å²) in [5, 5.41) is 2.69. The van der Waals surface area contributed by atoms with E-state index in [-0.39, 0.29) is 5.91 Å². The van der Waals surface area contributed by atoms with E-state index in [2.05, 4.69) is 27.8 Å². The van der Waals surface area contributed by atoms with Crippen molar-refractivity contribution < 1.29 is 14.3 Å². The number of carbonyl (C=O) groups is 1. The molecule has 0 atom stereocenters. The highest BCUT2D eigenvalue weighted by Crippen LogP contribution is 2.33. The molecule has 1 aromatic rings. The molecule has 1 N–H and O–H groups in total. The van der Waals surface area contributed by atoms with Crippen LogP contribution in [0.5, 0.6) is 11.5 Å². The van der Waals surface area contributed by atoms with Gasteiger partial charge in [0.05, 0.1) is 24.3 Å². The number of amides is 1. The van der Waals surface area contributed by atoms with Gasteiger partial charge in [-0.2, -0.15) is 0 Å². The molecule has 1 rings (SSSR count). The Morgan fingerprint density at radius 2 is 2.18 bits per heavy atom. The third-order valence-electron chi connectivity index (χ3n) is 2.11. The molecule has 1 amide bonds. The molecule has 0 aliphatic heterocycles. The van der Waals surface area contributed by atoms with Gasteiger partial charge < -0.3 is 14.8 Å². The van der Waals surface area contributed by atoms with Crippen molar-refractivity contribution in [2.45, 2.75) is 0 Å². The number of hydrogen-bond donors (Lipinski definition) is 1. The summed E-state index contributed by atoms with van der Waals surface area (Å²) in [6.07, 6.45) is 1.61. The minimum atomic E-state index is -0.235. The number of hydrogen-bond acceptors (Lipinski definition) is 3. The van der Waals surface area contributed by atoms with Crippen LogP contribution in [0, 0.1) is 0 Å². The monoisotopic (exact) mass is 299 g/mol. The molecular formula is C12H14BrNO3. The molecule has 0 aliphatic rings. The van der Waals surface area contributed by atoms with Gasteiger partial charge in [0.25, 0.3) is 5.91 Å². The van der Waals surface area contributed by atoms with Crippen molar-refractivity contribution in [1.29, 1.82) is 0 Å². The van der Waals surface area contributed by atoms with E-state index >= 15 is 0 Å². The minimum Gasteiger partial charge on any atom is -0.497 e. The highest BCUT2D eigenvalue weighted by atomic mass is 79.9. The van der Waals surface area contributed by atoms with Crippen LogP contribution < -0.4 is 14.8 Å². The van der Waals surface area contributed by atoms with Crippen LogP contribution in [0.3, 0.4) is 0 Å². The lowest BCUT2D eigenvalue weighted by molar-refractivity contribution is 0.0954. The van der Waals surface area contributed by atoms with Gasteiger partial charge in [0, 0.05) is 6.54 Å². The topological polar surface area (TPSA) is 47.6 Å². The smallest absolute Gasteiger partial charge is 0.255 e. The number of methoxy groups -OCH3 is 2. The molecule has 1 aromatic carbocycles. The van der Waals surface area contributed by atoms with Crippen LogP contribution >= 0.6 is 15.9 Å². The van der Waals surface area contributed by atoms with Crippen molar-refractivity contribution in [3.05, 3.63) is 34.8 Å². The van der Waals surface area contributed by atoms with E-state index in [1.165, 1.54) is 7.11 Å². The van der Waals surface area contributed by atoms with Gasteiger partial charge in [-0.05, 0) is 28.1 Å². The molecule has 0 aliphatic carbocycles. The molecule has 0 saturated heterocycles. The largest absolute Gasteiger partial charge is 0.497 e. The Hall–Kier alpha value is -1.49. The number of benzene rings is 1. The van der Waals surface area contributed by atoms with Crippen molar-refractivity contribution in [3.63, 3.8) is 0 Å². The number of rotatable bonds is 5. The second-order valence-electron chi connectivity index (χ2n) is 3.19. The normalized spacial score (nSPS) is 9.59. The number of carbonyl (C=O) groups excluding carboxylic acids is 1. The SMILES string of the molecule is C=CCNC(=O)c1cc(OC)cc(Br)c1OC. The summed E-state index contributed by atoms with van der Waals surface area (Å²) >= 11 is 3.33. The molecule has 92 valence electrons.